The Balaban J connectivity index is 3.31. The summed E-state index contributed by atoms with van der Waals surface area (Å²) in [7, 11) is -0.980. The first-order valence-corrected chi connectivity index (χ1v) is 8.46. The summed E-state index contributed by atoms with van der Waals surface area (Å²) >= 11 is 0. The van der Waals surface area contributed by atoms with Crippen LogP contribution < -0.4 is 0 Å². The molecule has 0 aromatic carbocycles. The van der Waals surface area contributed by atoms with Gasteiger partial charge in [-0.2, -0.15) is 0 Å². The van der Waals surface area contributed by atoms with Crippen molar-refractivity contribution in [1.29, 1.82) is 0 Å². The highest BCUT2D eigenvalue weighted by atomic mass is 28.3. The second-order valence-corrected chi connectivity index (χ2v) is 9.82. The van der Waals surface area contributed by atoms with Crippen LogP contribution in [-0.2, 0) is 9.47 Å². The summed E-state index contributed by atoms with van der Waals surface area (Å²) in [5, 5.41) is 0. The average molecular weight is 204 g/mol. The minimum absolute atomic E-state index is 0.382. The third kappa shape index (κ3) is 9.40. The van der Waals surface area contributed by atoms with Gasteiger partial charge < -0.3 is 9.47 Å². The molecule has 0 heterocycles. The molecule has 13 heavy (non-hydrogen) atoms. The molecule has 0 saturated carbocycles. The minimum Gasteiger partial charge on any atom is -0.435 e. The van der Waals surface area contributed by atoms with Gasteiger partial charge in [0.15, 0.2) is 0 Å². The van der Waals surface area contributed by atoms with Gasteiger partial charge in [-0.15, -0.1) is 0 Å². The van der Waals surface area contributed by atoms with Gasteiger partial charge in [-0.05, 0) is 13.3 Å². The highest BCUT2D eigenvalue weighted by molar-refractivity contribution is 6.76. The molecule has 0 aromatic rings. The number of rotatable bonds is 5. The van der Waals surface area contributed by atoms with Crippen LogP contribution in [-0.4, -0.2) is 27.4 Å². The van der Waals surface area contributed by atoms with E-state index in [1.165, 1.54) is 6.04 Å². The fraction of sp³-hybridized carbons (Fsp3) is 0.889. The van der Waals surface area contributed by atoms with Gasteiger partial charge in [0.05, 0.1) is 13.2 Å². The van der Waals surface area contributed by atoms with Crippen molar-refractivity contribution in [3.8, 4) is 0 Å². The zero-order valence-corrected chi connectivity index (χ0v) is 10.1. The molecule has 0 N–H and O–H groups in total. The molecule has 0 amide bonds. The van der Waals surface area contributed by atoms with Crippen molar-refractivity contribution in [2.45, 2.75) is 39.0 Å². The molecule has 0 aliphatic rings. The molecule has 0 aromatic heterocycles. The molecule has 0 atom stereocenters. The van der Waals surface area contributed by atoms with Crippen LogP contribution in [0.4, 0.5) is 4.79 Å². The van der Waals surface area contributed by atoms with Gasteiger partial charge >= 0.3 is 6.16 Å². The zero-order chi connectivity index (χ0) is 10.3. The first kappa shape index (κ1) is 12.5. The second-order valence-electron chi connectivity index (χ2n) is 4.20. The summed E-state index contributed by atoms with van der Waals surface area (Å²) in [5.74, 6) is 0. The lowest BCUT2D eigenvalue weighted by Gasteiger charge is -2.14. The third-order valence-corrected chi connectivity index (χ3v) is 3.41. The maximum Gasteiger partial charge on any atom is 0.508 e. The standard InChI is InChI=1S/C9H20O3Si/c1-5-11-9(10)12-7-6-8-13(2,3)4/h5-8H2,1-4H3. The van der Waals surface area contributed by atoms with Crippen molar-refractivity contribution >= 4 is 14.2 Å². The monoisotopic (exact) mass is 204 g/mol. The van der Waals surface area contributed by atoms with Crippen LogP contribution in [0.2, 0.25) is 25.7 Å². The van der Waals surface area contributed by atoms with Crippen LogP contribution >= 0.6 is 0 Å². The molecule has 78 valence electrons. The van der Waals surface area contributed by atoms with Crippen molar-refractivity contribution in [2.24, 2.45) is 0 Å². The maximum absolute atomic E-state index is 10.7. The molecule has 0 rings (SSSR count). The van der Waals surface area contributed by atoms with Gasteiger partial charge in [0, 0.05) is 8.07 Å². The van der Waals surface area contributed by atoms with Crippen LogP contribution in [0, 0.1) is 0 Å². The first-order valence-electron chi connectivity index (χ1n) is 4.75. The van der Waals surface area contributed by atoms with Crippen molar-refractivity contribution in [3.63, 3.8) is 0 Å². The van der Waals surface area contributed by atoms with Gasteiger partial charge in [0.25, 0.3) is 0 Å². The van der Waals surface area contributed by atoms with E-state index >= 15 is 0 Å². The number of hydrogen-bond donors (Lipinski definition) is 0. The summed E-state index contributed by atoms with van der Waals surface area (Å²) in [5.41, 5.74) is 0. The maximum atomic E-state index is 10.7. The molecule has 0 spiro atoms. The minimum atomic E-state index is -0.980. The number of carbonyl (C=O) groups excluding carboxylic acids is 1. The van der Waals surface area contributed by atoms with E-state index in [4.69, 9.17) is 4.74 Å². The molecule has 0 radical (unpaired) electrons. The van der Waals surface area contributed by atoms with E-state index in [1.54, 1.807) is 6.92 Å². The van der Waals surface area contributed by atoms with Gasteiger partial charge in [-0.3, -0.25) is 0 Å². The van der Waals surface area contributed by atoms with Gasteiger partial charge in [0.1, 0.15) is 0 Å². The predicted octanol–water partition coefficient (Wildman–Crippen LogP) is 2.89. The first-order chi connectivity index (χ1) is 5.95. The predicted molar refractivity (Wildman–Crippen MR) is 55.7 cm³/mol. The number of ether oxygens (including phenoxy) is 2. The summed E-state index contributed by atoms with van der Waals surface area (Å²) in [4.78, 5) is 10.7. The number of carbonyl (C=O) groups is 1. The summed E-state index contributed by atoms with van der Waals surface area (Å²) in [6.07, 6.45) is 0.409. The normalized spacial score (nSPS) is 11.1. The van der Waals surface area contributed by atoms with Gasteiger partial charge in [0.2, 0.25) is 0 Å². The molecular weight excluding hydrogens is 184 g/mol. The summed E-state index contributed by atoms with van der Waals surface area (Å²) in [6.45, 7) is 9.55. The SMILES string of the molecule is CCOC(=O)OCCC[Si](C)(C)C. The lowest BCUT2D eigenvalue weighted by atomic mass is 10.5. The third-order valence-electron chi connectivity index (χ3n) is 1.55. The average Bonchev–Trinajstić information content (AvgIpc) is 1.97. The van der Waals surface area contributed by atoms with Crippen LogP contribution in [0.3, 0.4) is 0 Å². The fourth-order valence-corrected chi connectivity index (χ4v) is 2.12. The topological polar surface area (TPSA) is 35.5 Å². The molecule has 0 bridgehead atoms. The number of hydrogen-bond acceptors (Lipinski definition) is 3. The molecule has 0 fully saturated rings. The molecular formula is C9H20O3Si. The Bertz CT molecular complexity index is 151. The Labute approximate surface area is 81.4 Å². The zero-order valence-electron chi connectivity index (χ0n) is 9.05. The van der Waals surface area contributed by atoms with E-state index in [1.807, 2.05) is 0 Å². The Morgan fingerprint density at radius 3 is 2.31 bits per heavy atom. The summed E-state index contributed by atoms with van der Waals surface area (Å²) in [6, 6.07) is 1.19. The van der Waals surface area contributed by atoms with Crippen LogP contribution in [0.1, 0.15) is 13.3 Å². The molecule has 0 aliphatic heterocycles. The van der Waals surface area contributed by atoms with E-state index in [0.29, 0.717) is 13.2 Å². The molecule has 3 nitrogen and oxygen atoms in total. The molecule has 4 heteroatoms. The Morgan fingerprint density at radius 2 is 1.85 bits per heavy atom. The van der Waals surface area contributed by atoms with E-state index in [-0.39, 0.29) is 0 Å². The summed E-state index contributed by atoms with van der Waals surface area (Å²) < 4.78 is 9.46. The highest BCUT2D eigenvalue weighted by Gasteiger charge is 2.12. The van der Waals surface area contributed by atoms with E-state index in [0.717, 1.165) is 6.42 Å². The quantitative estimate of drug-likeness (QED) is 0.392. The van der Waals surface area contributed by atoms with Crippen LogP contribution in [0.5, 0.6) is 0 Å². The van der Waals surface area contributed by atoms with Crippen molar-refractivity contribution in [1.82, 2.24) is 0 Å². The van der Waals surface area contributed by atoms with E-state index < -0.39 is 14.2 Å². The fourth-order valence-electron chi connectivity index (χ4n) is 0.918. The van der Waals surface area contributed by atoms with Crippen LogP contribution in [0.15, 0.2) is 0 Å². The van der Waals surface area contributed by atoms with Gasteiger partial charge in [-0.1, -0.05) is 25.7 Å². The van der Waals surface area contributed by atoms with E-state index in [9.17, 15) is 4.79 Å². The Kier molecular flexibility index (Phi) is 5.78. The Morgan fingerprint density at radius 1 is 1.23 bits per heavy atom. The van der Waals surface area contributed by atoms with Crippen LogP contribution in [0.25, 0.3) is 0 Å². The van der Waals surface area contributed by atoms with Crippen molar-refractivity contribution in [2.75, 3.05) is 13.2 Å². The highest BCUT2D eigenvalue weighted by Crippen LogP contribution is 2.10. The molecule has 0 unspecified atom stereocenters. The van der Waals surface area contributed by atoms with E-state index in [2.05, 4.69) is 24.4 Å². The van der Waals surface area contributed by atoms with Crippen molar-refractivity contribution in [3.05, 3.63) is 0 Å². The second kappa shape index (κ2) is 6.02. The smallest absolute Gasteiger partial charge is 0.435 e. The lowest BCUT2D eigenvalue weighted by Crippen LogP contribution is -2.20. The molecule has 0 aliphatic carbocycles. The largest absolute Gasteiger partial charge is 0.508 e. The molecule has 0 saturated heterocycles. The Hall–Kier alpha value is -0.513. The van der Waals surface area contributed by atoms with Crippen molar-refractivity contribution < 1.29 is 14.3 Å². The lowest BCUT2D eigenvalue weighted by molar-refractivity contribution is 0.0591. The van der Waals surface area contributed by atoms with Gasteiger partial charge in [-0.25, -0.2) is 4.79 Å².